The van der Waals surface area contributed by atoms with Crippen molar-refractivity contribution in [3.8, 4) is 0 Å². The summed E-state index contributed by atoms with van der Waals surface area (Å²) >= 11 is 0. The summed E-state index contributed by atoms with van der Waals surface area (Å²) in [5, 5.41) is 12.6. The Morgan fingerprint density at radius 3 is 2.50 bits per heavy atom. The molecule has 1 saturated heterocycles. The van der Waals surface area contributed by atoms with Gasteiger partial charge in [0.1, 0.15) is 0 Å². The molecule has 2 rings (SSSR count). The van der Waals surface area contributed by atoms with Crippen LogP contribution in [0.4, 0.5) is 5.69 Å². The van der Waals surface area contributed by atoms with Gasteiger partial charge in [0.25, 0.3) is 0 Å². The Bertz CT molecular complexity index is 519. The molecule has 0 spiro atoms. The van der Waals surface area contributed by atoms with Crippen LogP contribution >= 0.6 is 0 Å². The molecule has 1 fully saturated rings. The molecule has 0 bridgehead atoms. The second kappa shape index (κ2) is 7.25. The van der Waals surface area contributed by atoms with Crippen LogP contribution in [0.1, 0.15) is 42.9 Å². The largest absolute Gasteiger partial charge is 0.395 e. The van der Waals surface area contributed by atoms with Gasteiger partial charge in [-0.15, -0.1) is 0 Å². The highest BCUT2D eigenvalue weighted by Gasteiger charge is 2.28. The average Bonchev–Trinajstić information content (AvgIpc) is 2.45. The molecule has 4 heteroatoms. The van der Waals surface area contributed by atoms with Crippen LogP contribution < -0.4 is 5.32 Å². The average molecular weight is 304 g/mol. The first-order valence-electron chi connectivity index (χ1n) is 8.16. The molecule has 1 heterocycles. The first-order valence-corrected chi connectivity index (χ1v) is 8.16. The zero-order valence-corrected chi connectivity index (χ0v) is 14.1. The van der Waals surface area contributed by atoms with Gasteiger partial charge in [0.15, 0.2) is 0 Å². The number of carbonyl (C=O) groups excluding carboxylic acids is 1. The molecule has 1 amide bonds. The third-order valence-corrected chi connectivity index (χ3v) is 4.67. The number of nitrogens with one attached hydrogen (secondary N) is 1. The van der Waals surface area contributed by atoms with E-state index < -0.39 is 0 Å². The number of rotatable bonds is 4. The summed E-state index contributed by atoms with van der Waals surface area (Å²) in [6.45, 7) is 8.72. The molecule has 2 N–H and O–H groups in total. The minimum Gasteiger partial charge on any atom is -0.395 e. The first-order chi connectivity index (χ1) is 10.4. The second-order valence-corrected chi connectivity index (χ2v) is 6.61. The number of likely N-dealkylation sites (tertiary alicyclic amines) is 1. The summed E-state index contributed by atoms with van der Waals surface area (Å²) < 4.78 is 0. The van der Waals surface area contributed by atoms with Gasteiger partial charge in [0, 0.05) is 17.8 Å². The lowest BCUT2D eigenvalue weighted by molar-refractivity contribution is -0.119. The van der Waals surface area contributed by atoms with Crippen LogP contribution in [0.3, 0.4) is 0 Å². The summed E-state index contributed by atoms with van der Waals surface area (Å²) in [7, 11) is 0. The van der Waals surface area contributed by atoms with Crippen molar-refractivity contribution in [1.29, 1.82) is 0 Å². The number of aliphatic hydroxyl groups excluding tert-OH is 1. The van der Waals surface area contributed by atoms with Crippen LogP contribution in [0.2, 0.25) is 0 Å². The molecule has 2 unspecified atom stereocenters. The van der Waals surface area contributed by atoms with Crippen molar-refractivity contribution in [1.82, 2.24) is 4.90 Å². The van der Waals surface area contributed by atoms with Gasteiger partial charge in [-0.25, -0.2) is 0 Å². The Kier molecular flexibility index (Phi) is 5.59. The van der Waals surface area contributed by atoms with E-state index >= 15 is 0 Å². The van der Waals surface area contributed by atoms with E-state index in [1.807, 2.05) is 13.8 Å². The maximum absolute atomic E-state index is 12.4. The van der Waals surface area contributed by atoms with Crippen LogP contribution in [0, 0.1) is 20.8 Å². The fraction of sp³-hybridized carbons (Fsp3) is 0.611. The molecule has 0 saturated carbocycles. The number of piperidine rings is 1. The van der Waals surface area contributed by atoms with Gasteiger partial charge in [-0.2, -0.15) is 0 Å². The molecule has 4 nitrogen and oxygen atoms in total. The van der Waals surface area contributed by atoms with Crippen LogP contribution in [0.25, 0.3) is 0 Å². The highest BCUT2D eigenvalue weighted by Crippen LogP contribution is 2.24. The van der Waals surface area contributed by atoms with Crippen LogP contribution in [-0.4, -0.2) is 41.1 Å². The molecule has 0 radical (unpaired) electrons. The van der Waals surface area contributed by atoms with Gasteiger partial charge in [-0.3, -0.25) is 9.69 Å². The highest BCUT2D eigenvalue weighted by molar-refractivity contribution is 5.93. The van der Waals surface area contributed by atoms with E-state index in [4.69, 9.17) is 0 Å². The molecular formula is C18H28N2O2. The van der Waals surface area contributed by atoms with E-state index in [0.717, 1.165) is 36.1 Å². The Hall–Kier alpha value is -1.39. The minimum absolute atomic E-state index is 0.00209. The van der Waals surface area contributed by atoms with Crippen molar-refractivity contribution in [2.24, 2.45) is 0 Å². The lowest BCUT2D eigenvalue weighted by Gasteiger charge is -2.39. The molecule has 0 aromatic heterocycles. The molecular weight excluding hydrogens is 276 g/mol. The standard InChI is InChI=1S/C18H28N2O2/c1-12-8-13(2)18(14(3)9-12)19-17(22)10-20-15(4)6-5-7-16(20)11-21/h8-9,15-16,21H,5-7,10-11H2,1-4H3,(H,19,22). The number of aliphatic hydroxyl groups is 1. The zero-order chi connectivity index (χ0) is 16.3. The topological polar surface area (TPSA) is 52.6 Å². The fourth-order valence-electron chi connectivity index (χ4n) is 3.54. The Balaban J connectivity index is 2.06. The molecule has 1 aromatic rings. The maximum atomic E-state index is 12.4. The Morgan fingerprint density at radius 2 is 1.91 bits per heavy atom. The predicted molar refractivity (Wildman–Crippen MR) is 90.2 cm³/mol. The zero-order valence-electron chi connectivity index (χ0n) is 14.1. The summed E-state index contributed by atoms with van der Waals surface area (Å²) in [6, 6.07) is 4.62. The smallest absolute Gasteiger partial charge is 0.238 e. The summed E-state index contributed by atoms with van der Waals surface area (Å²) in [6.07, 6.45) is 3.18. The van der Waals surface area contributed by atoms with Crippen molar-refractivity contribution in [3.63, 3.8) is 0 Å². The predicted octanol–water partition coefficient (Wildman–Crippen LogP) is 2.79. The van der Waals surface area contributed by atoms with Gasteiger partial charge < -0.3 is 10.4 Å². The Labute approximate surface area is 133 Å². The van der Waals surface area contributed by atoms with Crippen molar-refractivity contribution < 1.29 is 9.90 Å². The van der Waals surface area contributed by atoms with Crippen molar-refractivity contribution in [2.45, 2.75) is 59.0 Å². The van der Waals surface area contributed by atoms with Gasteiger partial charge >= 0.3 is 0 Å². The number of nitrogens with zero attached hydrogens (tertiary/aromatic N) is 1. The number of hydrogen-bond acceptors (Lipinski definition) is 3. The highest BCUT2D eigenvalue weighted by atomic mass is 16.3. The maximum Gasteiger partial charge on any atom is 0.238 e. The van der Waals surface area contributed by atoms with Gasteiger partial charge in [-0.05, 0) is 51.7 Å². The summed E-state index contributed by atoms with van der Waals surface area (Å²) in [4.78, 5) is 14.6. The molecule has 1 aliphatic rings. The number of amides is 1. The number of benzene rings is 1. The van der Waals surface area contributed by atoms with Gasteiger partial charge in [0.2, 0.25) is 5.91 Å². The molecule has 22 heavy (non-hydrogen) atoms. The lowest BCUT2D eigenvalue weighted by Crippen LogP contribution is -2.50. The number of carbonyl (C=O) groups is 1. The van der Waals surface area contributed by atoms with E-state index in [9.17, 15) is 9.90 Å². The van der Waals surface area contributed by atoms with Gasteiger partial charge in [0.05, 0.1) is 13.2 Å². The minimum atomic E-state index is 0.00209. The first kappa shape index (κ1) is 17.0. The third kappa shape index (κ3) is 3.87. The fourth-order valence-corrected chi connectivity index (χ4v) is 3.54. The van der Waals surface area contributed by atoms with Crippen molar-refractivity contribution in [2.75, 3.05) is 18.5 Å². The van der Waals surface area contributed by atoms with Crippen LogP contribution in [-0.2, 0) is 4.79 Å². The van der Waals surface area contributed by atoms with Crippen LogP contribution in [0.5, 0.6) is 0 Å². The summed E-state index contributed by atoms with van der Waals surface area (Å²) in [5.41, 5.74) is 4.31. The van der Waals surface area contributed by atoms with Gasteiger partial charge in [-0.1, -0.05) is 24.1 Å². The molecule has 122 valence electrons. The molecule has 1 aliphatic heterocycles. The second-order valence-electron chi connectivity index (χ2n) is 6.61. The SMILES string of the molecule is Cc1cc(C)c(NC(=O)CN2C(C)CCCC2CO)c(C)c1. The van der Waals surface area contributed by atoms with E-state index in [1.165, 1.54) is 5.56 Å². The monoisotopic (exact) mass is 304 g/mol. The number of anilines is 1. The van der Waals surface area contributed by atoms with E-state index in [-0.39, 0.29) is 18.6 Å². The van der Waals surface area contributed by atoms with Crippen molar-refractivity contribution >= 4 is 11.6 Å². The lowest BCUT2D eigenvalue weighted by atomic mass is 9.97. The van der Waals surface area contributed by atoms with E-state index in [2.05, 4.69) is 36.2 Å². The Morgan fingerprint density at radius 1 is 1.27 bits per heavy atom. The number of hydrogen-bond donors (Lipinski definition) is 2. The van der Waals surface area contributed by atoms with E-state index in [0.29, 0.717) is 12.6 Å². The molecule has 0 aliphatic carbocycles. The molecule has 2 atom stereocenters. The van der Waals surface area contributed by atoms with E-state index in [1.54, 1.807) is 0 Å². The number of aryl methyl sites for hydroxylation is 3. The third-order valence-electron chi connectivity index (χ3n) is 4.67. The van der Waals surface area contributed by atoms with Crippen LogP contribution in [0.15, 0.2) is 12.1 Å². The molecule has 1 aromatic carbocycles. The van der Waals surface area contributed by atoms with Crippen molar-refractivity contribution in [3.05, 3.63) is 28.8 Å². The normalized spacial score (nSPS) is 22.6. The quantitative estimate of drug-likeness (QED) is 0.899. The summed E-state index contributed by atoms with van der Waals surface area (Å²) in [5.74, 6) is 0.00209.